The number of hydrogen-bond acceptors (Lipinski definition) is 6. The second-order valence-electron chi connectivity index (χ2n) is 5.06. The molecule has 24 heavy (non-hydrogen) atoms. The van der Waals surface area contributed by atoms with Gasteiger partial charge in [0.25, 0.3) is 0 Å². The van der Waals surface area contributed by atoms with Crippen molar-refractivity contribution in [2.45, 2.75) is 24.0 Å². The predicted molar refractivity (Wildman–Crippen MR) is 91.0 cm³/mol. The van der Waals surface area contributed by atoms with Crippen molar-refractivity contribution < 1.29 is 9.21 Å². The Morgan fingerprint density at radius 1 is 1.21 bits per heavy atom. The Hall–Kier alpha value is -2.74. The van der Waals surface area contributed by atoms with Gasteiger partial charge in [-0.05, 0) is 17.7 Å². The molecule has 2 aromatic heterocycles. The van der Waals surface area contributed by atoms with Crippen LogP contribution >= 0.6 is 11.8 Å². The van der Waals surface area contributed by atoms with E-state index < -0.39 is 0 Å². The highest BCUT2D eigenvalue weighted by Crippen LogP contribution is 2.22. The number of hydrogen-bond donors (Lipinski definition) is 2. The fourth-order valence-corrected chi connectivity index (χ4v) is 2.98. The molecule has 0 bridgehead atoms. The van der Waals surface area contributed by atoms with Crippen LogP contribution in [0.15, 0.2) is 58.3 Å². The molecule has 3 aromatic rings. The first kappa shape index (κ1) is 16.1. The minimum atomic E-state index is -0.181. The monoisotopic (exact) mass is 343 g/mol. The summed E-state index contributed by atoms with van der Waals surface area (Å²) < 4.78 is 6.78. The van der Waals surface area contributed by atoms with Gasteiger partial charge in [-0.15, -0.1) is 10.2 Å². The van der Waals surface area contributed by atoms with Crippen molar-refractivity contribution in [1.29, 1.82) is 0 Å². The molecule has 3 rings (SSSR count). The molecule has 0 atom stereocenters. The molecule has 0 radical (unpaired) electrons. The van der Waals surface area contributed by atoms with Crippen LogP contribution in [-0.2, 0) is 23.6 Å². The predicted octanol–water partition coefficient (Wildman–Crippen LogP) is 2.06. The first-order valence-electron chi connectivity index (χ1n) is 7.37. The maximum absolute atomic E-state index is 12.1. The van der Waals surface area contributed by atoms with E-state index >= 15 is 0 Å². The summed E-state index contributed by atoms with van der Waals surface area (Å²) in [6.45, 7) is 0.400. The van der Waals surface area contributed by atoms with Crippen LogP contribution in [0.5, 0.6) is 0 Å². The number of carbonyl (C=O) groups excluding carboxylic acids is 1. The molecule has 0 aliphatic rings. The van der Waals surface area contributed by atoms with Crippen LogP contribution in [0.25, 0.3) is 0 Å². The molecule has 1 aromatic carbocycles. The standard InChI is InChI=1S/C16H17N5O2S/c17-15-19-20-16(24-11-12-5-2-1-3-6-12)21(15)10-14(22)18-9-13-7-4-8-23-13/h1-8H,9-11H2,(H2,17,19)(H,18,22). The molecule has 124 valence electrons. The zero-order chi connectivity index (χ0) is 16.8. The maximum atomic E-state index is 12.1. The van der Waals surface area contributed by atoms with Gasteiger partial charge in [-0.2, -0.15) is 0 Å². The van der Waals surface area contributed by atoms with Crippen molar-refractivity contribution in [3.05, 3.63) is 60.1 Å². The van der Waals surface area contributed by atoms with Crippen molar-refractivity contribution in [2.24, 2.45) is 0 Å². The zero-order valence-electron chi connectivity index (χ0n) is 12.9. The SMILES string of the molecule is Nc1nnc(SCc2ccccc2)n1CC(=O)NCc1ccco1. The molecule has 8 heteroatoms. The molecular formula is C16H17N5O2S. The number of furan rings is 1. The van der Waals surface area contributed by atoms with Gasteiger partial charge >= 0.3 is 0 Å². The number of nitrogen functional groups attached to an aromatic ring is 1. The molecule has 0 aliphatic heterocycles. The Labute approximate surface area is 143 Å². The van der Waals surface area contributed by atoms with Crippen LogP contribution < -0.4 is 11.1 Å². The topological polar surface area (TPSA) is 99.0 Å². The van der Waals surface area contributed by atoms with Crippen molar-refractivity contribution in [2.75, 3.05) is 5.73 Å². The van der Waals surface area contributed by atoms with Crippen LogP contribution in [0.1, 0.15) is 11.3 Å². The fourth-order valence-electron chi connectivity index (χ4n) is 2.08. The number of nitrogens with two attached hydrogens (primary N) is 1. The average Bonchev–Trinajstić information content (AvgIpc) is 3.23. The highest BCUT2D eigenvalue weighted by Gasteiger charge is 2.14. The summed E-state index contributed by atoms with van der Waals surface area (Å²) in [6, 6.07) is 13.6. The molecule has 0 fully saturated rings. The van der Waals surface area contributed by atoms with Gasteiger partial charge in [0.1, 0.15) is 12.3 Å². The van der Waals surface area contributed by atoms with Gasteiger partial charge in [-0.1, -0.05) is 42.1 Å². The smallest absolute Gasteiger partial charge is 0.240 e. The quantitative estimate of drug-likeness (QED) is 0.637. The maximum Gasteiger partial charge on any atom is 0.240 e. The number of benzene rings is 1. The molecule has 0 spiro atoms. The van der Waals surface area contributed by atoms with E-state index in [0.29, 0.717) is 17.5 Å². The van der Waals surface area contributed by atoms with Crippen LogP contribution in [-0.4, -0.2) is 20.7 Å². The largest absolute Gasteiger partial charge is 0.467 e. The summed E-state index contributed by atoms with van der Waals surface area (Å²) >= 11 is 1.49. The van der Waals surface area contributed by atoms with Crippen LogP contribution in [0, 0.1) is 0 Å². The highest BCUT2D eigenvalue weighted by atomic mass is 32.2. The molecule has 7 nitrogen and oxygen atoms in total. The van der Waals surface area contributed by atoms with Gasteiger partial charge < -0.3 is 15.5 Å². The molecule has 1 amide bonds. The van der Waals surface area contributed by atoms with Crippen molar-refractivity contribution in [3.63, 3.8) is 0 Å². The van der Waals surface area contributed by atoms with Crippen LogP contribution in [0.4, 0.5) is 5.95 Å². The minimum absolute atomic E-state index is 0.0661. The van der Waals surface area contributed by atoms with E-state index in [4.69, 9.17) is 10.2 Å². The summed E-state index contributed by atoms with van der Waals surface area (Å²) in [5.41, 5.74) is 6.99. The lowest BCUT2D eigenvalue weighted by Gasteiger charge is -2.08. The van der Waals surface area contributed by atoms with Crippen molar-refractivity contribution in [1.82, 2.24) is 20.1 Å². The first-order valence-corrected chi connectivity index (χ1v) is 8.35. The first-order chi connectivity index (χ1) is 11.7. The Morgan fingerprint density at radius 3 is 2.79 bits per heavy atom. The van der Waals surface area contributed by atoms with Crippen LogP contribution in [0.2, 0.25) is 0 Å². The second-order valence-corrected chi connectivity index (χ2v) is 6.00. The summed E-state index contributed by atoms with van der Waals surface area (Å²) in [5.74, 6) is 1.46. The van der Waals surface area contributed by atoms with Crippen molar-refractivity contribution >= 4 is 23.6 Å². The Morgan fingerprint density at radius 2 is 2.04 bits per heavy atom. The van der Waals surface area contributed by atoms with Gasteiger partial charge in [0.05, 0.1) is 12.8 Å². The summed E-state index contributed by atoms with van der Waals surface area (Å²) in [6.07, 6.45) is 1.57. The summed E-state index contributed by atoms with van der Waals surface area (Å²) in [7, 11) is 0. The Bertz CT molecular complexity index is 786. The molecule has 0 saturated carbocycles. The third-order valence-corrected chi connectivity index (χ3v) is 4.34. The number of rotatable bonds is 7. The van der Waals surface area contributed by atoms with E-state index in [2.05, 4.69) is 15.5 Å². The Kier molecular flexibility index (Phi) is 5.17. The number of thioether (sulfide) groups is 1. The third kappa shape index (κ3) is 4.17. The normalized spacial score (nSPS) is 10.7. The fraction of sp³-hybridized carbons (Fsp3) is 0.188. The van der Waals surface area contributed by atoms with E-state index in [1.807, 2.05) is 30.3 Å². The van der Waals surface area contributed by atoms with E-state index in [1.165, 1.54) is 11.8 Å². The van der Waals surface area contributed by atoms with E-state index in [0.717, 1.165) is 11.3 Å². The molecule has 0 unspecified atom stereocenters. The minimum Gasteiger partial charge on any atom is -0.467 e. The lowest BCUT2D eigenvalue weighted by Crippen LogP contribution is -2.27. The van der Waals surface area contributed by atoms with E-state index in [9.17, 15) is 4.79 Å². The number of aromatic nitrogens is 3. The van der Waals surface area contributed by atoms with Gasteiger partial charge in [-0.25, -0.2) is 0 Å². The highest BCUT2D eigenvalue weighted by molar-refractivity contribution is 7.98. The number of nitrogens with one attached hydrogen (secondary N) is 1. The lowest BCUT2D eigenvalue weighted by molar-refractivity contribution is -0.122. The average molecular weight is 343 g/mol. The Balaban J connectivity index is 1.58. The van der Waals surface area contributed by atoms with Gasteiger partial charge in [0, 0.05) is 5.75 Å². The number of amides is 1. The lowest BCUT2D eigenvalue weighted by atomic mass is 10.2. The molecule has 0 saturated heterocycles. The second kappa shape index (κ2) is 7.69. The van der Waals surface area contributed by atoms with Crippen molar-refractivity contribution in [3.8, 4) is 0 Å². The van der Waals surface area contributed by atoms with Gasteiger partial charge in [0.15, 0.2) is 5.16 Å². The van der Waals surface area contributed by atoms with E-state index in [-0.39, 0.29) is 18.4 Å². The summed E-state index contributed by atoms with van der Waals surface area (Å²) in [4.78, 5) is 12.1. The van der Waals surface area contributed by atoms with Gasteiger partial charge in [0.2, 0.25) is 11.9 Å². The van der Waals surface area contributed by atoms with Crippen LogP contribution in [0.3, 0.4) is 0 Å². The molecule has 2 heterocycles. The molecular weight excluding hydrogens is 326 g/mol. The number of nitrogens with zero attached hydrogens (tertiary/aromatic N) is 3. The third-order valence-electron chi connectivity index (χ3n) is 3.30. The number of carbonyl (C=O) groups is 1. The van der Waals surface area contributed by atoms with Gasteiger partial charge in [-0.3, -0.25) is 9.36 Å². The summed E-state index contributed by atoms with van der Waals surface area (Å²) in [5, 5.41) is 11.3. The molecule has 3 N–H and O–H groups in total. The zero-order valence-corrected chi connectivity index (χ0v) is 13.7. The molecule has 0 aliphatic carbocycles. The van der Waals surface area contributed by atoms with E-state index in [1.54, 1.807) is 23.0 Å². The number of anilines is 1.